The molecule has 1 atom stereocenters. The van der Waals surface area contributed by atoms with Crippen LogP contribution in [0, 0.1) is 12.8 Å². The highest BCUT2D eigenvalue weighted by Gasteiger charge is 2.27. The molecule has 4 rings (SSSR count). The van der Waals surface area contributed by atoms with Gasteiger partial charge in [0, 0.05) is 34.4 Å². The van der Waals surface area contributed by atoms with Gasteiger partial charge in [-0.3, -0.25) is 9.78 Å². The molecule has 25 heavy (non-hydrogen) atoms. The molecule has 2 aromatic heterocycles. The molecule has 1 N–H and O–H groups in total. The number of fused-ring (bicyclic) bond motifs is 1. The minimum atomic E-state index is 0.0127. The largest absolute Gasteiger partial charge is 0.326 e. The Morgan fingerprint density at radius 1 is 1.24 bits per heavy atom. The van der Waals surface area contributed by atoms with Crippen molar-refractivity contribution in [2.45, 2.75) is 26.2 Å². The van der Waals surface area contributed by atoms with E-state index in [4.69, 9.17) is 4.98 Å². The van der Waals surface area contributed by atoms with Crippen molar-refractivity contribution in [1.82, 2.24) is 9.97 Å². The van der Waals surface area contributed by atoms with Crippen LogP contribution in [0.2, 0.25) is 0 Å². The molecule has 5 heteroatoms. The van der Waals surface area contributed by atoms with Gasteiger partial charge in [0.05, 0.1) is 5.69 Å². The highest BCUT2D eigenvalue weighted by Crippen LogP contribution is 2.34. The Kier molecular flexibility index (Phi) is 4.32. The zero-order valence-corrected chi connectivity index (χ0v) is 14.8. The first kappa shape index (κ1) is 16.0. The van der Waals surface area contributed by atoms with Gasteiger partial charge < -0.3 is 5.32 Å². The van der Waals surface area contributed by atoms with Crippen LogP contribution < -0.4 is 5.32 Å². The molecule has 0 bridgehead atoms. The molecule has 0 spiro atoms. The van der Waals surface area contributed by atoms with E-state index in [1.807, 2.05) is 43.3 Å². The number of benzene rings is 1. The van der Waals surface area contributed by atoms with Crippen molar-refractivity contribution < 1.29 is 4.79 Å². The summed E-state index contributed by atoms with van der Waals surface area (Å²) in [6, 6.07) is 11.9. The smallest absolute Gasteiger partial charge is 0.227 e. The molecule has 1 aromatic carbocycles. The number of carbonyl (C=O) groups is 1. The van der Waals surface area contributed by atoms with E-state index in [0.717, 1.165) is 46.8 Å². The molecule has 0 fully saturated rings. The monoisotopic (exact) mass is 349 g/mol. The molecule has 1 unspecified atom stereocenters. The van der Waals surface area contributed by atoms with Gasteiger partial charge in [-0.15, -0.1) is 11.3 Å². The third kappa shape index (κ3) is 3.46. The van der Waals surface area contributed by atoms with E-state index in [1.165, 1.54) is 4.88 Å². The molecule has 1 aliphatic carbocycles. The molecular formula is C20H19N3OS. The van der Waals surface area contributed by atoms with Gasteiger partial charge in [0.25, 0.3) is 0 Å². The highest BCUT2D eigenvalue weighted by molar-refractivity contribution is 7.15. The Labute approximate surface area is 151 Å². The summed E-state index contributed by atoms with van der Waals surface area (Å²) in [5, 5.41) is 4.08. The van der Waals surface area contributed by atoms with Crippen LogP contribution in [0.1, 0.15) is 22.6 Å². The van der Waals surface area contributed by atoms with Crippen LogP contribution in [-0.2, 0) is 17.6 Å². The second-order valence-corrected chi connectivity index (χ2v) is 7.51. The lowest BCUT2D eigenvalue weighted by molar-refractivity contribution is -0.120. The van der Waals surface area contributed by atoms with E-state index in [9.17, 15) is 4.79 Å². The molecule has 126 valence electrons. The van der Waals surface area contributed by atoms with Crippen molar-refractivity contribution in [3.63, 3.8) is 0 Å². The number of amides is 1. The average Bonchev–Trinajstić information content (AvgIpc) is 3.06. The van der Waals surface area contributed by atoms with Crippen LogP contribution in [0.3, 0.4) is 0 Å². The second kappa shape index (κ2) is 6.76. The van der Waals surface area contributed by atoms with Crippen molar-refractivity contribution in [2.75, 3.05) is 5.32 Å². The fraction of sp³-hybridized carbons (Fsp3) is 0.250. The lowest BCUT2D eigenvalue weighted by Crippen LogP contribution is -2.27. The van der Waals surface area contributed by atoms with Gasteiger partial charge in [-0.2, -0.15) is 0 Å². The Balaban J connectivity index is 1.49. The molecule has 0 saturated carbocycles. The number of pyridine rings is 1. The van der Waals surface area contributed by atoms with E-state index in [1.54, 1.807) is 23.7 Å². The summed E-state index contributed by atoms with van der Waals surface area (Å²) in [6.45, 7) is 2.03. The summed E-state index contributed by atoms with van der Waals surface area (Å²) in [5.41, 5.74) is 4.26. The molecule has 1 aliphatic rings. The van der Waals surface area contributed by atoms with Gasteiger partial charge in [0.2, 0.25) is 5.91 Å². The zero-order valence-electron chi connectivity index (χ0n) is 14.0. The number of thiazole rings is 1. The Hall–Kier alpha value is -2.53. The van der Waals surface area contributed by atoms with Crippen molar-refractivity contribution in [2.24, 2.45) is 5.92 Å². The minimum absolute atomic E-state index is 0.0127. The molecule has 0 radical (unpaired) electrons. The Morgan fingerprint density at radius 3 is 2.88 bits per heavy atom. The number of anilines is 1. The lowest BCUT2D eigenvalue weighted by Gasteiger charge is -2.20. The maximum absolute atomic E-state index is 12.6. The number of nitrogens with zero attached hydrogens (tertiary/aromatic N) is 2. The van der Waals surface area contributed by atoms with Gasteiger partial charge >= 0.3 is 0 Å². The highest BCUT2D eigenvalue weighted by atomic mass is 32.1. The molecule has 1 amide bonds. The van der Waals surface area contributed by atoms with Crippen molar-refractivity contribution in [1.29, 1.82) is 0 Å². The molecule has 4 nitrogen and oxygen atoms in total. The fourth-order valence-electron chi connectivity index (χ4n) is 3.18. The average molecular weight is 349 g/mol. The SMILES string of the molecule is Cc1cccc(NC(=O)C2CCc3nc(-c4ccncc4)sc3C2)c1. The molecule has 0 saturated heterocycles. The first-order chi connectivity index (χ1) is 12.2. The molecular weight excluding hydrogens is 330 g/mol. The summed E-state index contributed by atoms with van der Waals surface area (Å²) < 4.78 is 0. The normalized spacial score (nSPS) is 16.3. The number of hydrogen-bond donors (Lipinski definition) is 1. The summed E-state index contributed by atoms with van der Waals surface area (Å²) in [6.07, 6.45) is 6.06. The van der Waals surface area contributed by atoms with Crippen molar-refractivity contribution >= 4 is 22.9 Å². The van der Waals surface area contributed by atoms with Crippen LogP contribution in [0.5, 0.6) is 0 Å². The number of hydrogen-bond acceptors (Lipinski definition) is 4. The first-order valence-corrected chi connectivity index (χ1v) is 9.27. The summed E-state index contributed by atoms with van der Waals surface area (Å²) in [4.78, 5) is 22.7. The van der Waals surface area contributed by atoms with Gasteiger partial charge in [-0.05, 0) is 56.0 Å². The molecule has 0 aliphatic heterocycles. The third-order valence-electron chi connectivity index (χ3n) is 4.52. The van der Waals surface area contributed by atoms with Crippen molar-refractivity contribution in [3.05, 3.63) is 64.9 Å². The maximum Gasteiger partial charge on any atom is 0.227 e. The second-order valence-electron chi connectivity index (χ2n) is 6.42. The zero-order chi connectivity index (χ0) is 17.2. The predicted octanol–water partition coefficient (Wildman–Crippen LogP) is 4.26. The Morgan fingerprint density at radius 2 is 2.08 bits per heavy atom. The van der Waals surface area contributed by atoms with Gasteiger partial charge in [-0.25, -0.2) is 4.98 Å². The van der Waals surface area contributed by atoms with Crippen LogP contribution in [0.25, 0.3) is 10.6 Å². The number of aromatic nitrogens is 2. The van der Waals surface area contributed by atoms with Gasteiger partial charge in [-0.1, -0.05) is 12.1 Å². The Bertz CT molecular complexity index is 904. The summed E-state index contributed by atoms with van der Waals surface area (Å²) in [5.74, 6) is 0.119. The maximum atomic E-state index is 12.6. The van der Waals surface area contributed by atoms with E-state index in [2.05, 4.69) is 10.3 Å². The summed E-state index contributed by atoms with van der Waals surface area (Å²) in [7, 11) is 0. The van der Waals surface area contributed by atoms with E-state index < -0.39 is 0 Å². The quantitative estimate of drug-likeness (QED) is 0.769. The number of rotatable bonds is 3. The van der Waals surface area contributed by atoms with Gasteiger partial charge in [0.15, 0.2) is 0 Å². The van der Waals surface area contributed by atoms with Crippen LogP contribution in [-0.4, -0.2) is 15.9 Å². The van der Waals surface area contributed by atoms with Crippen LogP contribution >= 0.6 is 11.3 Å². The molecule has 2 heterocycles. The van der Waals surface area contributed by atoms with Crippen LogP contribution in [0.4, 0.5) is 5.69 Å². The molecule has 3 aromatic rings. The van der Waals surface area contributed by atoms with E-state index >= 15 is 0 Å². The fourth-order valence-corrected chi connectivity index (χ4v) is 4.38. The first-order valence-electron chi connectivity index (χ1n) is 8.45. The minimum Gasteiger partial charge on any atom is -0.326 e. The standard InChI is InChI=1S/C20H19N3OS/c1-13-3-2-4-16(11-13)22-19(24)15-5-6-17-18(12-15)25-20(23-17)14-7-9-21-10-8-14/h2-4,7-11,15H,5-6,12H2,1H3,(H,22,24). The van der Waals surface area contributed by atoms with E-state index in [0.29, 0.717) is 0 Å². The predicted molar refractivity (Wildman–Crippen MR) is 101 cm³/mol. The summed E-state index contributed by atoms with van der Waals surface area (Å²) >= 11 is 1.70. The number of aryl methyl sites for hydroxylation is 2. The van der Waals surface area contributed by atoms with Crippen molar-refractivity contribution in [3.8, 4) is 10.6 Å². The number of carbonyl (C=O) groups excluding carboxylic acids is 1. The van der Waals surface area contributed by atoms with E-state index in [-0.39, 0.29) is 11.8 Å². The van der Waals surface area contributed by atoms with Crippen LogP contribution in [0.15, 0.2) is 48.8 Å². The van der Waals surface area contributed by atoms with Gasteiger partial charge in [0.1, 0.15) is 5.01 Å². The third-order valence-corrected chi connectivity index (χ3v) is 5.69. The lowest BCUT2D eigenvalue weighted by atomic mass is 9.90. The number of nitrogens with one attached hydrogen (secondary N) is 1. The topological polar surface area (TPSA) is 54.9 Å².